The van der Waals surface area contributed by atoms with Crippen LogP contribution in [-0.4, -0.2) is 20.7 Å². The molecule has 1 saturated carbocycles. The number of nitrogens with one attached hydrogen (secondary N) is 1. The Bertz CT molecular complexity index is 265. The minimum Gasteiger partial charge on any atom is -0.215 e. The van der Waals surface area contributed by atoms with Gasteiger partial charge in [0.05, 0.1) is 5.75 Å². The van der Waals surface area contributed by atoms with Crippen molar-refractivity contribution in [3.8, 4) is 0 Å². The number of sulfonamides is 1. The molecule has 2 aliphatic rings. The van der Waals surface area contributed by atoms with E-state index in [4.69, 9.17) is 0 Å². The third-order valence-corrected chi connectivity index (χ3v) is 4.65. The summed E-state index contributed by atoms with van der Waals surface area (Å²) < 4.78 is 25.0. The number of rotatable bonds is 0. The summed E-state index contributed by atoms with van der Waals surface area (Å²) in [5.41, 5.74) is 0.108. The van der Waals surface area contributed by atoms with Gasteiger partial charge in [-0.05, 0) is 18.3 Å². The van der Waals surface area contributed by atoms with E-state index >= 15 is 0 Å². The van der Waals surface area contributed by atoms with Crippen molar-refractivity contribution in [2.45, 2.75) is 32.1 Å². The van der Waals surface area contributed by atoms with Crippen molar-refractivity contribution in [2.24, 2.45) is 5.41 Å². The van der Waals surface area contributed by atoms with Crippen LogP contribution in [-0.2, 0) is 10.0 Å². The van der Waals surface area contributed by atoms with Crippen LogP contribution in [0, 0.1) is 5.41 Å². The smallest absolute Gasteiger partial charge is 0.212 e. The predicted octanol–water partition coefficient (Wildman–Crippen LogP) is 0.870. The molecule has 0 bridgehead atoms. The second-order valence-electron chi connectivity index (χ2n) is 4.14. The van der Waals surface area contributed by atoms with Crippen molar-refractivity contribution >= 4 is 10.0 Å². The summed E-state index contributed by atoms with van der Waals surface area (Å²) in [6.45, 7) is 0.690. The number of hydrogen-bond acceptors (Lipinski definition) is 2. The normalized spacial score (nSPS) is 32.3. The van der Waals surface area contributed by atoms with Crippen LogP contribution in [0.2, 0.25) is 0 Å². The maximum absolute atomic E-state index is 11.2. The third-order valence-electron chi connectivity index (χ3n) is 3.08. The Morgan fingerprint density at radius 2 is 1.75 bits per heavy atom. The highest BCUT2D eigenvalue weighted by atomic mass is 32.2. The summed E-state index contributed by atoms with van der Waals surface area (Å²) in [4.78, 5) is 0. The van der Waals surface area contributed by atoms with E-state index in [0.717, 1.165) is 12.8 Å². The Balaban J connectivity index is 2.13. The lowest BCUT2D eigenvalue weighted by Gasteiger charge is -2.30. The van der Waals surface area contributed by atoms with Crippen LogP contribution in [0.5, 0.6) is 0 Å². The van der Waals surface area contributed by atoms with Crippen LogP contribution in [0.25, 0.3) is 0 Å². The molecule has 1 heterocycles. The topological polar surface area (TPSA) is 46.2 Å². The van der Waals surface area contributed by atoms with Gasteiger partial charge < -0.3 is 0 Å². The zero-order valence-corrected chi connectivity index (χ0v) is 7.99. The van der Waals surface area contributed by atoms with Gasteiger partial charge in [-0.1, -0.05) is 19.3 Å². The van der Waals surface area contributed by atoms with E-state index in [-0.39, 0.29) is 5.41 Å². The highest BCUT2D eigenvalue weighted by Gasteiger charge is 2.42. The Morgan fingerprint density at radius 1 is 1.08 bits per heavy atom. The minimum atomic E-state index is -2.90. The van der Waals surface area contributed by atoms with Crippen molar-refractivity contribution in [2.75, 3.05) is 12.3 Å². The molecular formula is C8H15NO2S. The summed E-state index contributed by atoms with van der Waals surface area (Å²) in [7, 11) is -2.90. The first kappa shape index (κ1) is 8.51. The first-order chi connectivity index (χ1) is 5.62. The molecule has 0 aromatic carbocycles. The van der Waals surface area contributed by atoms with Gasteiger partial charge in [-0.3, -0.25) is 0 Å². The number of hydrogen-bond donors (Lipinski definition) is 1. The van der Waals surface area contributed by atoms with Gasteiger partial charge in [-0.25, -0.2) is 13.1 Å². The third kappa shape index (κ3) is 1.50. The molecule has 3 nitrogen and oxygen atoms in total. The summed E-state index contributed by atoms with van der Waals surface area (Å²) in [6.07, 6.45) is 5.88. The van der Waals surface area contributed by atoms with Crippen molar-refractivity contribution in [1.82, 2.24) is 4.72 Å². The van der Waals surface area contributed by atoms with Crippen LogP contribution >= 0.6 is 0 Å². The lowest BCUT2D eigenvalue weighted by atomic mass is 9.76. The zero-order chi connectivity index (χ0) is 8.66. The van der Waals surface area contributed by atoms with Crippen LogP contribution in [0.3, 0.4) is 0 Å². The summed E-state index contributed by atoms with van der Waals surface area (Å²) in [5, 5.41) is 0. The highest BCUT2D eigenvalue weighted by Crippen LogP contribution is 2.39. The van der Waals surface area contributed by atoms with Crippen molar-refractivity contribution in [3.63, 3.8) is 0 Å². The van der Waals surface area contributed by atoms with Crippen molar-refractivity contribution in [3.05, 3.63) is 0 Å². The van der Waals surface area contributed by atoms with Gasteiger partial charge in [-0.2, -0.15) is 0 Å². The SMILES string of the molecule is O=S1(=O)CC2(CCCCC2)CN1. The standard InChI is InChI=1S/C8H15NO2S/c10-12(11)7-8(6-9-12)4-2-1-3-5-8/h9H,1-7H2. The molecule has 2 fully saturated rings. The van der Waals surface area contributed by atoms with E-state index in [1.54, 1.807) is 0 Å². The molecule has 0 unspecified atom stereocenters. The zero-order valence-electron chi connectivity index (χ0n) is 7.17. The molecule has 1 spiro atoms. The summed E-state index contributed by atoms with van der Waals surface area (Å²) in [6, 6.07) is 0. The van der Waals surface area contributed by atoms with Gasteiger partial charge in [0.2, 0.25) is 10.0 Å². The van der Waals surface area contributed by atoms with Gasteiger partial charge in [0.15, 0.2) is 0 Å². The Kier molecular flexibility index (Phi) is 1.92. The molecular weight excluding hydrogens is 174 g/mol. The lowest BCUT2D eigenvalue weighted by molar-refractivity contribution is 0.238. The fourth-order valence-corrected chi connectivity index (χ4v) is 4.22. The molecule has 1 aliphatic heterocycles. The van der Waals surface area contributed by atoms with Crippen LogP contribution in [0.1, 0.15) is 32.1 Å². The maximum Gasteiger partial charge on any atom is 0.212 e. The van der Waals surface area contributed by atoms with Crippen LogP contribution < -0.4 is 4.72 Å². The fourth-order valence-electron chi connectivity index (χ4n) is 2.39. The highest BCUT2D eigenvalue weighted by molar-refractivity contribution is 7.89. The molecule has 0 amide bonds. The van der Waals surface area contributed by atoms with Gasteiger partial charge in [0, 0.05) is 6.54 Å². The van der Waals surface area contributed by atoms with E-state index in [1.165, 1.54) is 19.3 Å². The minimum absolute atomic E-state index is 0.108. The maximum atomic E-state index is 11.2. The molecule has 1 N–H and O–H groups in total. The summed E-state index contributed by atoms with van der Waals surface area (Å²) >= 11 is 0. The molecule has 1 aliphatic carbocycles. The molecule has 2 rings (SSSR count). The lowest BCUT2D eigenvalue weighted by Crippen LogP contribution is -2.28. The molecule has 0 radical (unpaired) electrons. The van der Waals surface area contributed by atoms with Crippen LogP contribution in [0.15, 0.2) is 0 Å². The van der Waals surface area contributed by atoms with E-state index < -0.39 is 10.0 Å². The molecule has 0 atom stereocenters. The Morgan fingerprint density at radius 3 is 2.25 bits per heavy atom. The first-order valence-electron chi connectivity index (χ1n) is 4.59. The molecule has 70 valence electrons. The molecule has 0 aromatic rings. The van der Waals surface area contributed by atoms with Crippen molar-refractivity contribution in [1.29, 1.82) is 0 Å². The van der Waals surface area contributed by atoms with Gasteiger partial charge in [0.25, 0.3) is 0 Å². The van der Waals surface area contributed by atoms with Crippen LogP contribution in [0.4, 0.5) is 0 Å². The quantitative estimate of drug-likeness (QED) is 0.614. The van der Waals surface area contributed by atoms with E-state index in [9.17, 15) is 8.42 Å². The largest absolute Gasteiger partial charge is 0.215 e. The van der Waals surface area contributed by atoms with Gasteiger partial charge in [-0.15, -0.1) is 0 Å². The van der Waals surface area contributed by atoms with E-state index in [1.807, 2.05) is 0 Å². The monoisotopic (exact) mass is 189 g/mol. The van der Waals surface area contributed by atoms with Gasteiger partial charge in [0.1, 0.15) is 0 Å². The van der Waals surface area contributed by atoms with Crippen molar-refractivity contribution < 1.29 is 8.42 Å². The second kappa shape index (κ2) is 2.70. The van der Waals surface area contributed by atoms with E-state index in [0.29, 0.717) is 12.3 Å². The van der Waals surface area contributed by atoms with Gasteiger partial charge >= 0.3 is 0 Å². The fraction of sp³-hybridized carbons (Fsp3) is 1.00. The first-order valence-corrected chi connectivity index (χ1v) is 6.25. The van der Waals surface area contributed by atoms with E-state index in [2.05, 4.69) is 4.72 Å². The second-order valence-corrected chi connectivity index (χ2v) is 5.95. The average Bonchev–Trinajstić information content (AvgIpc) is 2.29. The Hall–Kier alpha value is -0.0900. The molecule has 12 heavy (non-hydrogen) atoms. The average molecular weight is 189 g/mol. The Labute approximate surface area is 73.6 Å². The summed E-state index contributed by atoms with van der Waals surface area (Å²) in [5.74, 6) is 0.375. The molecule has 4 heteroatoms. The molecule has 0 aromatic heterocycles. The predicted molar refractivity (Wildman–Crippen MR) is 47.3 cm³/mol. The molecule has 1 saturated heterocycles.